The van der Waals surface area contributed by atoms with E-state index in [1.165, 1.54) is 4.90 Å². The minimum absolute atomic E-state index is 0.141. The van der Waals surface area contributed by atoms with Gasteiger partial charge in [0.1, 0.15) is 0 Å². The normalized spacial score (nSPS) is 32.1. The summed E-state index contributed by atoms with van der Waals surface area (Å²) in [7, 11) is 0. The van der Waals surface area contributed by atoms with Crippen LogP contribution < -0.4 is 10.2 Å². The average molecular weight is 453 g/mol. The molecule has 3 fully saturated rings. The van der Waals surface area contributed by atoms with Crippen molar-refractivity contribution in [2.24, 2.45) is 35.5 Å². The van der Waals surface area contributed by atoms with Crippen molar-refractivity contribution in [2.75, 3.05) is 10.2 Å². The van der Waals surface area contributed by atoms with Gasteiger partial charge in [-0.25, -0.2) is 4.90 Å². The van der Waals surface area contributed by atoms with Gasteiger partial charge in [0.05, 0.1) is 28.2 Å². The van der Waals surface area contributed by atoms with Crippen LogP contribution in [0.2, 0.25) is 10.0 Å². The van der Waals surface area contributed by atoms with Crippen molar-refractivity contribution < 1.29 is 14.4 Å². The Bertz CT molecular complexity index is 1160. The van der Waals surface area contributed by atoms with Gasteiger partial charge in [-0.1, -0.05) is 41.4 Å². The van der Waals surface area contributed by atoms with Crippen LogP contribution in [-0.4, -0.2) is 17.7 Å². The molecule has 156 valence electrons. The second-order valence-electron chi connectivity index (χ2n) is 8.80. The Morgan fingerprint density at radius 2 is 1.61 bits per heavy atom. The van der Waals surface area contributed by atoms with E-state index in [-0.39, 0.29) is 41.4 Å². The molecule has 0 unspecified atom stereocenters. The highest BCUT2D eigenvalue weighted by Gasteiger charge is 2.67. The first-order valence-electron chi connectivity index (χ1n) is 10.4. The molecule has 2 saturated carbocycles. The van der Waals surface area contributed by atoms with E-state index in [0.29, 0.717) is 38.8 Å². The molecule has 6 atom stereocenters. The lowest BCUT2D eigenvalue weighted by Crippen LogP contribution is -2.40. The first kappa shape index (κ1) is 19.1. The number of carbonyl (C=O) groups is 3. The molecular weight excluding hydrogens is 435 g/mol. The lowest BCUT2D eigenvalue weighted by molar-refractivity contribution is -0.124. The summed E-state index contributed by atoms with van der Waals surface area (Å²) >= 11 is 12.1. The minimum Gasteiger partial charge on any atom is -0.321 e. The molecule has 5 nitrogen and oxygen atoms in total. The van der Waals surface area contributed by atoms with E-state index < -0.39 is 0 Å². The largest absolute Gasteiger partial charge is 0.321 e. The van der Waals surface area contributed by atoms with Crippen LogP contribution in [0.15, 0.2) is 54.6 Å². The fourth-order valence-corrected chi connectivity index (χ4v) is 6.24. The van der Waals surface area contributed by atoms with Crippen LogP contribution in [0, 0.1) is 35.5 Å². The fourth-order valence-electron chi connectivity index (χ4n) is 5.78. The number of nitrogens with one attached hydrogen (secondary N) is 1. The van der Waals surface area contributed by atoms with Gasteiger partial charge in [-0.05, 0) is 66.5 Å². The summed E-state index contributed by atoms with van der Waals surface area (Å²) in [5, 5.41) is 3.55. The molecule has 0 aromatic heterocycles. The number of imide groups is 1. The molecule has 2 aromatic carbocycles. The molecule has 1 saturated heterocycles. The van der Waals surface area contributed by atoms with Gasteiger partial charge in [0.2, 0.25) is 11.8 Å². The topological polar surface area (TPSA) is 66.5 Å². The SMILES string of the molecule is O=C(Nc1ccc(Cl)cc1Cl)c1cccc(N2C(=O)[C@@H]3[C@H]4C=C[C@@H]([C@@H]5C[C@@H]45)[C@@H]3C2=O)c1. The number of nitrogens with zero attached hydrogens (tertiary/aromatic N) is 1. The molecule has 1 aliphatic heterocycles. The lowest BCUT2D eigenvalue weighted by atomic mass is 9.63. The quantitative estimate of drug-likeness (QED) is 0.536. The second-order valence-corrected chi connectivity index (χ2v) is 9.64. The highest BCUT2D eigenvalue weighted by Crippen LogP contribution is 2.65. The summed E-state index contributed by atoms with van der Waals surface area (Å²) in [6.07, 6.45) is 5.42. The molecule has 7 rings (SSSR count). The number of hydrogen-bond donors (Lipinski definition) is 1. The molecule has 0 radical (unpaired) electrons. The Morgan fingerprint density at radius 3 is 2.26 bits per heavy atom. The van der Waals surface area contributed by atoms with Gasteiger partial charge in [-0.15, -0.1) is 0 Å². The summed E-state index contributed by atoms with van der Waals surface area (Å²) < 4.78 is 0. The predicted molar refractivity (Wildman–Crippen MR) is 118 cm³/mol. The molecule has 31 heavy (non-hydrogen) atoms. The standard InChI is InChI=1S/C24H18Cl2N2O3/c25-12-4-7-19(18(26)9-12)27-22(29)11-2-1-3-13(8-11)28-23(30)20-14-5-6-15(17-10-16(14)17)21(20)24(28)31/h1-9,14-17,20-21H,10H2,(H,27,29)/t14-,15-,16-,17-,20-,21+/m0/s1. The number of halogens is 2. The predicted octanol–water partition coefficient (Wildman–Crippen LogP) is 4.80. The van der Waals surface area contributed by atoms with E-state index in [2.05, 4.69) is 17.5 Å². The number of carbonyl (C=O) groups excluding carboxylic acids is 3. The average Bonchev–Trinajstić information content (AvgIpc) is 3.53. The molecule has 1 heterocycles. The molecule has 1 N–H and O–H groups in total. The molecule has 7 heteroatoms. The summed E-state index contributed by atoms with van der Waals surface area (Å²) in [5.41, 5.74) is 1.21. The van der Waals surface area contributed by atoms with Crippen molar-refractivity contribution in [2.45, 2.75) is 6.42 Å². The van der Waals surface area contributed by atoms with Gasteiger partial charge in [0.25, 0.3) is 5.91 Å². The van der Waals surface area contributed by atoms with Gasteiger partial charge in [-0.3, -0.25) is 14.4 Å². The van der Waals surface area contributed by atoms with Crippen molar-refractivity contribution >= 4 is 52.3 Å². The summed E-state index contributed by atoms with van der Waals surface area (Å²) in [6, 6.07) is 11.4. The van der Waals surface area contributed by atoms with Gasteiger partial charge >= 0.3 is 0 Å². The highest BCUT2D eigenvalue weighted by molar-refractivity contribution is 6.36. The van der Waals surface area contributed by atoms with Crippen LogP contribution in [0.1, 0.15) is 16.8 Å². The van der Waals surface area contributed by atoms with Gasteiger partial charge in [0.15, 0.2) is 0 Å². The van der Waals surface area contributed by atoms with Gasteiger partial charge in [0, 0.05) is 10.6 Å². The van der Waals surface area contributed by atoms with Crippen LogP contribution in [0.25, 0.3) is 0 Å². The zero-order chi connectivity index (χ0) is 21.4. The van der Waals surface area contributed by atoms with Crippen molar-refractivity contribution in [3.63, 3.8) is 0 Å². The number of benzene rings is 2. The lowest BCUT2D eigenvalue weighted by Gasteiger charge is -2.37. The van der Waals surface area contributed by atoms with Crippen LogP contribution in [-0.2, 0) is 9.59 Å². The Balaban J connectivity index is 1.28. The zero-order valence-electron chi connectivity index (χ0n) is 16.3. The Hall–Kier alpha value is -2.63. The van der Waals surface area contributed by atoms with Crippen molar-refractivity contribution in [3.05, 3.63) is 70.2 Å². The first-order chi connectivity index (χ1) is 14.9. The van der Waals surface area contributed by atoms with Gasteiger partial charge in [-0.2, -0.15) is 0 Å². The number of rotatable bonds is 3. The van der Waals surface area contributed by atoms with Crippen molar-refractivity contribution in [1.82, 2.24) is 0 Å². The monoisotopic (exact) mass is 452 g/mol. The molecule has 5 aliphatic rings. The van der Waals surface area contributed by atoms with Crippen molar-refractivity contribution in [3.8, 4) is 0 Å². The zero-order valence-corrected chi connectivity index (χ0v) is 17.8. The summed E-state index contributed by atoms with van der Waals surface area (Å²) in [5.74, 6) is 0.234. The van der Waals surface area contributed by atoms with Crippen LogP contribution >= 0.6 is 23.2 Å². The number of hydrogen-bond acceptors (Lipinski definition) is 3. The Labute approximate surface area is 189 Å². The Kier molecular flexibility index (Phi) is 4.11. The van der Waals surface area contributed by atoms with E-state index in [0.717, 1.165) is 6.42 Å². The van der Waals surface area contributed by atoms with Crippen LogP contribution in [0.5, 0.6) is 0 Å². The molecule has 0 spiro atoms. The summed E-state index contributed by atoms with van der Waals surface area (Å²) in [6.45, 7) is 0. The van der Waals surface area contributed by atoms with E-state index in [4.69, 9.17) is 23.2 Å². The smallest absolute Gasteiger partial charge is 0.255 e. The molecular formula is C24H18Cl2N2O3. The Morgan fingerprint density at radius 1 is 0.935 bits per heavy atom. The maximum Gasteiger partial charge on any atom is 0.255 e. The van der Waals surface area contributed by atoms with Crippen LogP contribution in [0.3, 0.4) is 0 Å². The number of anilines is 2. The number of allylic oxidation sites excluding steroid dienone is 2. The minimum atomic E-state index is -0.384. The third-order valence-corrected chi connectivity index (χ3v) is 7.76. The second kappa shape index (κ2) is 6.68. The molecule has 2 bridgehead atoms. The maximum absolute atomic E-state index is 13.3. The van der Waals surface area contributed by atoms with Gasteiger partial charge < -0.3 is 5.32 Å². The van der Waals surface area contributed by atoms with Crippen LogP contribution in [0.4, 0.5) is 11.4 Å². The highest BCUT2D eigenvalue weighted by atomic mass is 35.5. The van der Waals surface area contributed by atoms with E-state index in [1.807, 2.05) is 0 Å². The van der Waals surface area contributed by atoms with E-state index >= 15 is 0 Å². The third kappa shape index (κ3) is 2.80. The maximum atomic E-state index is 13.3. The van der Waals surface area contributed by atoms with Crippen molar-refractivity contribution in [1.29, 1.82) is 0 Å². The molecule has 2 aromatic rings. The molecule has 3 amide bonds. The molecule has 4 aliphatic carbocycles. The summed E-state index contributed by atoms with van der Waals surface area (Å²) in [4.78, 5) is 40.7. The fraction of sp³-hybridized carbons (Fsp3) is 0.292. The van der Waals surface area contributed by atoms with E-state index in [9.17, 15) is 14.4 Å². The van der Waals surface area contributed by atoms with E-state index in [1.54, 1.807) is 42.5 Å². The number of amides is 3. The third-order valence-electron chi connectivity index (χ3n) is 7.21. The first-order valence-corrected chi connectivity index (χ1v) is 11.1.